The van der Waals surface area contributed by atoms with Gasteiger partial charge in [-0.1, -0.05) is 17.8 Å². The molecule has 2 rings (SSSR count). The SMILES string of the molecule is CSc1cc(N)nc(SCc2ncccc2CN(C)C)n1. The Balaban J connectivity index is 2.11. The van der Waals surface area contributed by atoms with Crippen LogP contribution in [0.15, 0.2) is 34.6 Å². The minimum Gasteiger partial charge on any atom is -0.384 e. The molecular formula is C14H19N5S2. The second kappa shape index (κ2) is 7.63. The highest BCUT2D eigenvalue weighted by Crippen LogP contribution is 2.24. The Morgan fingerprint density at radius 1 is 1.29 bits per heavy atom. The van der Waals surface area contributed by atoms with Gasteiger partial charge in [-0.3, -0.25) is 4.98 Å². The molecule has 0 saturated heterocycles. The summed E-state index contributed by atoms with van der Waals surface area (Å²) in [6.45, 7) is 0.873. The fraction of sp³-hybridized carbons (Fsp3) is 0.357. The second-order valence-corrected chi connectivity index (χ2v) is 6.52. The van der Waals surface area contributed by atoms with Gasteiger partial charge in [0.25, 0.3) is 0 Å². The molecule has 0 radical (unpaired) electrons. The Hall–Kier alpha value is -1.31. The average molecular weight is 321 g/mol. The molecule has 0 bridgehead atoms. The first-order chi connectivity index (χ1) is 10.1. The molecule has 0 aliphatic rings. The zero-order valence-electron chi connectivity index (χ0n) is 12.4. The van der Waals surface area contributed by atoms with E-state index >= 15 is 0 Å². The minimum absolute atomic E-state index is 0.506. The van der Waals surface area contributed by atoms with Gasteiger partial charge in [0.15, 0.2) is 5.16 Å². The van der Waals surface area contributed by atoms with E-state index in [1.165, 1.54) is 5.56 Å². The monoisotopic (exact) mass is 321 g/mol. The number of rotatable bonds is 6. The van der Waals surface area contributed by atoms with E-state index in [1.54, 1.807) is 29.6 Å². The molecule has 0 fully saturated rings. The van der Waals surface area contributed by atoms with Crippen molar-refractivity contribution in [2.24, 2.45) is 0 Å². The number of thioether (sulfide) groups is 2. The first-order valence-electron chi connectivity index (χ1n) is 6.47. The van der Waals surface area contributed by atoms with E-state index in [1.807, 2.05) is 18.5 Å². The largest absolute Gasteiger partial charge is 0.384 e. The third-order valence-corrected chi connectivity index (χ3v) is 4.21. The molecule has 0 saturated carbocycles. The molecule has 7 heteroatoms. The van der Waals surface area contributed by atoms with Crippen LogP contribution in [0.1, 0.15) is 11.3 Å². The van der Waals surface area contributed by atoms with Crippen LogP contribution in [0.2, 0.25) is 0 Å². The Labute approximate surface area is 133 Å². The maximum Gasteiger partial charge on any atom is 0.190 e. The topological polar surface area (TPSA) is 67.9 Å². The summed E-state index contributed by atoms with van der Waals surface area (Å²) in [4.78, 5) is 15.3. The molecule has 2 aromatic rings. The fourth-order valence-electron chi connectivity index (χ4n) is 1.81. The van der Waals surface area contributed by atoms with Crippen molar-refractivity contribution < 1.29 is 0 Å². The van der Waals surface area contributed by atoms with Gasteiger partial charge >= 0.3 is 0 Å². The molecule has 5 nitrogen and oxygen atoms in total. The first kappa shape index (κ1) is 16.1. The molecule has 2 aromatic heterocycles. The summed E-state index contributed by atoms with van der Waals surface area (Å²) in [7, 11) is 4.10. The summed E-state index contributed by atoms with van der Waals surface area (Å²) < 4.78 is 0. The van der Waals surface area contributed by atoms with Gasteiger partial charge in [-0.25, -0.2) is 9.97 Å². The van der Waals surface area contributed by atoms with Gasteiger partial charge in [-0.15, -0.1) is 11.8 Å². The molecule has 0 atom stereocenters. The Morgan fingerprint density at radius 2 is 2.10 bits per heavy atom. The summed E-state index contributed by atoms with van der Waals surface area (Å²) in [6, 6.07) is 5.86. The highest BCUT2D eigenvalue weighted by molar-refractivity contribution is 7.99. The van der Waals surface area contributed by atoms with Crippen molar-refractivity contribution in [1.82, 2.24) is 19.9 Å². The quantitative estimate of drug-likeness (QED) is 0.498. The molecule has 2 N–H and O–H groups in total. The van der Waals surface area contributed by atoms with Crippen LogP contribution >= 0.6 is 23.5 Å². The van der Waals surface area contributed by atoms with E-state index in [0.29, 0.717) is 11.0 Å². The molecule has 0 aliphatic heterocycles. The van der Waals surface area contributed by atoms with Crippen molar-refractivity contribution in [2.75, 3.05) is 26.1 Å². The van der Waals surface area contributed by atoms with Gasteiger partial charge < -0.3 is 10.6 Å². The van der Waals surface area contributed by atoms with E-state index in [-0.39, 0.29) is 0 Å². The highest BCUT2D eigenvalue weighted by Gasteiger charge is 2.08. The Bertz CT molecular complexity index is 604. The van der Waals surface area contributed by atoms with Crippen molar-refractivity contribution in [3.8, 4) is 0 Å². The van der Waals surface area contributed by atoms with Gasteiger partial charge in [-0.2, -0.15) is 0 Å². The average Bonchev–Trinajstić information content (AvgIpc) is 2.45. The number of pyridine rings is 1. The van der Waals surface area contributed by atoms with Crippen LogP contribution in [0.25, 0.3) is 0 Å². The maximum atomic E-state index is 5.80. The number of nitrogens with zero attached hydrogens (tertiary/aromatic N) is 4. The van der Waals surface area contributed by atoms with Crippen LogP contribution in [0.5, 0.6) is 0 Å². The fourth-order valence-corrected chi connectivity index (χ4v) is 3.14. The Morgan fingerprint density at radius 3 is 2.81 bits per heavy atom. The lowest BCUT2D eigenvalue weighted by Gasteiger charge is -2.13. The number of nitrogens with two attached hydrogens (primary N) is 1. The third kappa shape index (κ3) is 4.87. The van der Waals surface area contributed by atoms with Gasteiger partial charge in [-0.05, 0) is 32.0 Å². The normalized spacial score (nSPS) is 11.0. The van der Waals surface area contributed by atoms with Gasteiger partial charge in [0.05, 0.1) is 5.69 Å². The molecule has 21 heavy (non-hydrogen) atoms. The van der Waals surface area contributed by atoms with Crippen molar-refractivity contribution in [2.45, 2.75) is 22.5 Å². The molecule has 0 aromatic carbocycles. The predicted molar refractivity (Wildman–Crippen MR) is 89.4 cm³/mol. The first-order valence-corrected chi connectivity index (χ1v) is 8.68. The number of hydrogen-bond acceptors (Lipinski definition) is 7. The minimum atomic E-state index is 0.506. The molecule has 0 spiro atoms. The number of anilines is 1. The van der Waals surface area contributed by atoms with Crippen molar-refractivity contribution in [1.29, 1.82) is 0 Å². The lowest BCUT2D eigenvalue weighted by molar-refractivity contribution is 0.400. The van der Waals surface area contributed by atoms with Crippen LogP contribution in [-0.4, -0.2) is 40.2 Å². The van der Waals surface area contributed by atoms with E-state index in [4.69, 9.17) is 5.73 Å². The summed E-state index contributed by atoms with van der Waals surface area (Å²) in [5.74, 6) is 1.24. The van der Waals surface area contributed by atoms with Gasteiger partial charge in [0, 0.05) is 24.6 Å². The number of nitrogen functional groups attached to an aromatic ring is 1. The van der Waals surface area contributed by atoms with Crippen LogP contribution in [0, 0.1) is 0 Å². The highest BCUT2D eigenvalue weighted by atomic mass is 32.2. The predicted octanol–water partition coefficient (Wildman–Crippen LogP) is 2.53. The molecular weight excluding hydrogens is 302 g/mol. The zero-order chi connectivity index (χ0) is 15.2. The van der Waals surface area contributed by atoms with Gasteiger partial charge in [0.1, 0.15) is 10.8 Å². The van der Waals surface area contributed by atoms with E-state index in [9.17, 15) is 0 Å². The van der Waals surface area contributed by atoms with Crippen molar-refractivity contribution >= 4 is 29.3 Å². The van der Waals surface area contributed by atoms with Crippen LogP contribution in [0.3, 0.4) is 0 Å². The number of hydrogen-bond donors (Lipinski definition) is 1. The van der Waals surface area contributed by atoms with Crippen molar-refractivity contribution in [3.05, 3.63) is 35.7 Å². The standard InChI is InChI=1S/C14H19N5S2/c1-19(2)8-10-5-4-6-16-11(10)9-21-14-17-12(15)7-13(18-14)20-3/h4-7H,8-9H2,1-3H3,(H2,15,17,18). The molecule has 0 aliphatic carbocycles. The van der Waals surface area contributed by atoms with Gasteiger partial charge in [0.2, 0.25) is 0 Å². The summed E-state index contributed by atoms with van der Waals surface area (Å²) in [6.07, 6.45) is 3.80. The lowest BCUT2D eigenvalue weighted by atomic mass is 10.2. The molecule has 0 unspecified atom stereocenters. The molecule has 112 valence electrons. The zero-order valence-corrected chi connectivity index (χ0v) is 14.0. The number of aromatic nitrogens is 3. The van der Waals surface area contributed by atoms with E-state index in [0.717, 1.165) is 23.0 Å². The smallest absolute Gasteiger partial charge is 0.190 e. The van der Waals surface area contributed by atoms with Crippen LogP contribution < -0.4 is 5.73 Å². The van der Waals surface area contributed by atoms with Crippen LogP contribution in [0.4, 0.5) is 5.82 Å². The summed E-state index contributed by atoms with van der Waals surface area (Å²) >= 11 is 3.13. The molecule has 2 heterocycles. The third-order valence-electron chi connectivity index (χ3n) is 2.72. The summed E-state index contributed by atoms with van der Waals surface area (Å²) in [5.41, 5.74) is 8.09. The lowest BCUT2D eigenvalue weighted by Crippen LogP contribution is -2.12. The van der Waals surface area contributed by atoms with E-state index < -0.39 is 0 Å². The molecule has 0 amide bonds. The maximum absolute atomic E-state index is 5.80. The summed E-state index contributed by atoms with van der Waals surface area (Å²) in [5, 5.41) is 1.58. The second-order valence-electron chi connectivity index (χ2n) is 4.75. The van der Waals surface area contributed by atoms with E-state index in [2.05, 4.69) is 40.0 Å². The van der Waals surface area contributed by atoms with Crippen LogP contribution in [-0.2, 0) is 12.3 Å². The van der Waals surface area contributed by atoms with Crippen molar-refractivity contribution in [3.63, 3.8) is 0 Å². The Kier molecular flexibility index (Phi) is 5.84.